The van der Waals surface area contributed by atoms with Crippen molar-refractivity contribution in [1.29, 1.82) is 0 Å². The molecule has 6 nitrogen and oxygen atoms in total. The first kappa shape index (κ1) is 23.6. The highest BCUT2D eigenvalue weighted by Crippen LogP contribution is 2.30. The molecule has 0 aliphatic carbocycles. The molecule has 0 unspecified atom stereocenters. The average Bonchev–Trinajstić information content (AvgIpc) is 3.56. The Hall–Kier alpha value is -4.17. The molecule has 1 aliphatic rings. The van der Waals surface area contributed by atoms with Crippen LogP contribution in [0.3, 0.4) is 0 Å². The standard InChI is InChI=1S/C28H23FN4O2S/c1-35-25-10-6-5-9-24(25)30-28-32(17-18-36-28)26(34)16-13-21-19-33(23-7-3-2-4-8-23)31-27(21)20-11-14-22(29)15-12-20/h2-16,19H,17-18H2,1H3/b16-13+,30-28?. The van der Waals surface area contributed by atoms with E-state index < -0.39 is 0 Å². The summed E-state index contributed by atoms with van der Waals surface area (Å²) in [4.78, 5) is 19.5. The number of aromatic nitrogens is 2. The maximum Gasteiger partial charge on any atom is 0.252 e. The fourth-order valence-corrected chi connectivity index (χ4v) is 4.79. The van der Waals surface area contributed by atoms with Gasteiger partial charge >= 0.3 is 0 Å². The third kappa shape index (κ3) is 5.08. The highest BCUT2D eigenvalue weighted by Gasteiger charge is 2.25. The molecule has 4 aromatic rings. The van der Waals surface area contributed by atoms with Gasteiger partial charge in [-0.2, -0.15) is 5.10 Å². The zero-order valence-corrected chi connectivity index (χ0v) is 20.4. The third-order valence-corrected chi connectivity index (χ3v) is 6.59. The number of hydrogen-bond acceptors (Lipinski definition) is 5. The molecule has 0 saturated carbocycles. The summed E-state index contributed by atoms with van der Waals surface area (Å²) in [7, 11) is 1.60. The van der Waals surface area contributed by atoms with Gasteiger partial charge < -0.3 is 4.74 Å². The van der Waals surface area contributed by atoms with Gasteiger partial charge in [-0.05, 0) is 54.6 Å². The smallest absolute Gasteiger partial charge is 0.252 e. The number of thioether (sulfide) groups is 1. The lowest BCUT2D eigenvalue weighted by Crippen LogP contribution is -2.30. The van der Waals surface area contributed by atoms with E-state index >= 15 is 0 Å². The lowest BCUT2D eigenvalue weighted by molar-refractivity contribution is -0.121. The Labute approximate surface area is 212 Å². The van der Waals surface area contributed by atoms with Crippen LogP contribution in [0.1, 0.15) is 5.56 Å². The van der Waals surface area contributed by atoms with Gasteiger partial charge in [-0.3, -0.25) is 9.69 Å². The minimum Gasteiger partial charge on any atom is -0.494 e. The topological polar surface area (TPSA) is 59.7 Å². The van der Waals surface area contributed by atoms with Crippen molar-refractivity contribution in [1.82, 2.24) is 14.7 Å². The zero-order valence-electron chi connectivity index (χ0n) is 19.5. The van der Waals surface area contributed by atoms with Crippen LogP contribution in [0.15, 0.2) is 96.1 Å². The summed E-state index contributed by atoms with van der Waals surface area (Å²) in [5, 5.41) is 5.35. The summed E-state index contributed by atoms with van der Waals surface area (Å²) in [5.41, 5.74) is 3.71. The van der Waals surface area contributed by atoms with Gasteiger partial charge in [0.15, 0.2) is 5.17 Å². The average molecular weight is 499 g/mol. The van der Waals surface area contributed by atoms with E-state index in [0.717, 1.165) is 22.6 Å². The van der Waals surface area contributed by atoms with E-state index in [-0.39, 0.29) is 11.7 Å². The number of amidine groups is 1. The molecule has 5 rings (SSSR count). The second-order valence-corrected chi connectivity index (χ2v) is 9.02. The number of halogens is 1. The van der Waals surface area contributed by atoms with E-state index in [2.05, 4.69) is 4.99 Å². The summed E-state index contributed by atoms with van der Waals surface area (Å²) in [6.07, 6.45) is 5.14. The second kappa shape index (κ2) is 10.6. The normalized spacial score (nSPS) is 14.6. The molecular weight excluding hydrogens is 475 g/mol. The Kier molecular flexibility index (Phi) is 6.95. The minimum atomic E-state index is -0.318. The highest BCUT2D eigenvalue weighted by atomic mass is 32.2. The Morgan fingerprint density at radius 2 is 1.81 bits per heavy atom. The summed E-state index contributed by atoms with van der Waals surface area (Å²) in [6.45, 7) is 0.565. The molecule has 0 N–H and O–H groups in total. The third-order valence-electron chi connectivity index (χ3n) is 5.63. The van der Waals surface area contributed by atoms with Crippen LogP contribution in [-0.2, 0) is 4.79 Å². The van der Waals surface area contributed by atoms with E-state index in [1.165, 1.54) is 30.0 Å². The van der Waals surface area contributed by atoms with Gasteiger partial charge in [-0.15, -0.1) is 0 Å². The second-order valence-electron chi connectivity index (χ2n) is 7.96. The first-order valence-corrected chi connectivity index (χ1v) is 12.4. The van der Waals surface area contributed by atoms with Crippen molar-refractivity contribution in [3.8, 4) is 22.7 Å². The number of benzene rings is 3. The number of rotatable bonds is 6. The van der Waals surface area contributed by atoms with Crippen LogP contribution in [0.2, 0.25) is 0 Å². The van der Waals surface area contributed by atoms with Crippen LogP contribution >= 0.6 is 11.8 Å². The zero-order chi connectivity index (χ0) is 24.9. The number of amides is 1. The Bertz CT molecular complexity index is 1430. The van der Waals surface area contributed by atoms with Gasteiger partial charge in [0, 0.05) is 35.7 Å². The predicted molar refractivity (Wildman–Crippen MR) is 142 cm³/mol. The monoisotopic (exact) mass is 498 g/mol. The number of nitrogens with zero attached hydrogens (tertiary/aromatic N) is 4. The van der Waals surface area contributed by atoms with Gasteiger partial charge in [-0.25, -0.2) is 14.1 Å². The van der Waals surface area contributed by atoms with Crippen molar-refractivity contribution in [2.75, 3.05) is 19.4 Å². The van der Waals surface area contributed by atoms with Crippen LogP contribution in [0, 0.1) is 5.82 Å². The molecule has 1 saturated heterocycles. The lowest BCUT2D eigenvalue weighted by atomic mass is 10.1. The van der Waals surface area contributed by atoms with Crippen molar-refractivity contribution in [2.45, 2.75) is 0 Å². The van der Waals surface area contributed by atoms with Crippen LogP contribution in [0.25, 0.3) is 23.0 Å². The van der Waals surface area contributed by atoms with Gasteiger partial charge in [-0.1, -0.05) is 42.1 Å². The maximum atomic E-state index is 13.5. The van der Waals surface area contributed by atoms with Crippen molar-refractivity contribution in [2.24, 2.45) is 4.99 Å². The van der Waals surface area contributed by atoms with E-state index in [9.17, 15) is 9.18 Å². The van der Waals surface area contributed by atoms with Crippen LogP contribution in [-0.4, -0.2) is 45.2 Å². The van der Waals surface area contributed by atoms with Gasteiger partial charge in [0.2, 0.25) is 0 Å². The van der Waals surface area contributed by atoms with Crippen molar-refractivity contribution >= 4 is 34.6 Å². The fraction of sp³-hybridized carbons (Fsp3) is 0.107. The first-order chi connectivity index (χ1) is 17.6. The SMILES string of the molecule is COc1ccccc1N=C1SCCN1C(=O)/C=C/c1cn(-c2ccccc2)nc1-c1ccc(F)cc1. The Morgan fingerprint density at radius 3 is 2.58 bits per heavy atom. The molecule has 36 heavy (non-hydrogen) atoms. The summed E-state index contributed by atoms with van der Waals surface area (Å²) in [5.74, 6) is 0.922. The molecule has 0 atom stereocenters. The molecule has 8 heteroatoms. The van der Waals surface area contributed by atoms with Crippen molar-refractivity contribution in [3.63, 3.8) is 0 Å². The van der Waals surface area contributed by atoms with Crippen molar-refractivity contribution in [3.05, 3.63) is 103 Å². The first-order valence-electron chi connectivity index (χ1n) is 11.4. The number of ether oxygens (including phenoxy) is 1. The van der Waals surface area contributed by atoms with E-state index in [0.29, 0.717) is 28.8 Å². The van der Waals surface area contributed by atoms with Crippen LogP contribution in [0.5, 0.6) is 5.75 Å². The molecular formula is C28H23FN4O2S. The summed E-state index contributed by atoms with van der Waals surface area (Å²) < 4.78 is 20.7. The van der Waals surface area contributed by atoms with Gasteiger partial charge in [0.05, 0.1) is 18.5 Å². The van der Waals surface area contributed by atoms with Crippen molar-refractivity contribution < 1.29 is 13.9 Å². The molecule has 1 aromatic heterocycles. The largest absolute Gasteiger partial charge is 0.494 e. The number of hydrogen-bond donors (Lipinski definition) is 0. The molecule has 1 amide bonds. The molecule has 180 valence electrons. The highest BCUT2D eigenvalue weighted by molar-refractivity contribution is 8.14. The van der Waals surface area contributed by atoms with Gasteiger partial charge in [0.25, 0.3) is 5.91 Å². The number of carbonyl (C=O) groups is 1. The lowest BCUT2D eigenvalue weighted by Gasteiger charge is -2.14. The Balaban J connectivity index is 1.45. The van der Waals surface area contributed by atoms with E-state index in [4.69, 9.17) is 9.84 Å². The summed E-state index contributed by atoms with van der Waals surface area (Å²) >= 11 is 1.53. The molecule has 0 spiro atoms. The molecule has 0 radical (unpaired) electrons. The summed E-state index contributed by atoms with van der Waals surface area (Å²) in [6, 6.07) is 23.3. The quantitative estimate of drug-likeness (QED) is 0.308. The van der Waals surface area contributed by atoms with Gasteiger partial charge in [0.1, 0.15) is 17.3 Å². The predicted octanol–water partition coefficient (Wildman–Crippen LogP) is 5.96. The van der Waals surface area contributed by atoms with E-state index in [1.807, 2.05) is 60.8 Å². The number of para-hydroxylation sites is 3. The van der Waals surface area contributed by atoms with Crippen LogP contribution < -0.4 is 4.74 Å². The minimum absolute atomic E-state index is 0.175. The number of aliphatic imine (C=N–C) groups is 1. The molecule has 3 aromatic carbocycles. The number of methoxy groups -OCH3 is 1. The number of carbonyl (C=O) groups excluding carboxylic acids is 1. The molecule has 1 fully saturated rings. The molecule has 1 aliphatic heterocycles. The molecule has 0 bridgehead atoms. The Morgan fingerprint density at radius 1 is 1.06 bits per heavy atom. The van der Waals surface area contributed by atoms with Crippen LogP contribution in [0.4, 0.5) is 10.1 Å². The fourth-order valence-electron chi connectivity index (χ4n) is 3.83. The maximum absolute atomic E-state index is 13.5. The van der Waals surface area contributed by atoms with E-state index in [1.54, 1.807) is 34.9 Å². The molecule has 2 heterocycles.